The predicted molar refractivity (Wildman–Crippen MR) is 89.2 cm³/mol. The van der Waals surface area contributed by atoms with E-state index in [4.69, 9.17) is 10.5 Å². The number of ether oxygens (including phenoxy) is 1. The monoisotopic (exact) mass is 321 g/mol. The van der Waals surface area contributed by atoms with Crippen LogP contribution in [-0.2, 0) is 11.3 Å². The molecule has 1 aromatic heterocycles. The Balaban J connectivity index is 1.95. The number of nitrogens with one attached hydrogen (secondary N) is 1. The zero-order chi connectivity index (χ0) is 17.0. The quantitative estimate of drug-likeness (QED) is 0.890. The number of nitrogens with two attached hydrogens (primary N) is 1. The van der Waals surface area contributed by atoms with Crippen LogP contribution in [-0.4, -0.2) is 28.3 Å². The molecule has 128 valence electrons. The molecule has 1 aliphatic rings. The molecule has 1 fully saturated rings. The van der Waals surface area contributed by atoms with Crippen LogP contribution in [0.5, 0.6) is 0 Å². The highest BCUT2D eigenvalue weighted by atomic mass is 16.6. The second kappa shape index (κ2) is 7.17. The van der Waals surface area contributed by atoms with E-state index in [1.807, 2.05) is 26.8 Å². The third-order valence-corrected chi connectivity index (χ3v) is 4.09. The van der Waals surface area contributed by atoms with E-state index in [-0.39, 0.29) is 23.6 Å². The van der Waals surface area contributed by atoms with Crippen LogP contribution in [0.25, 0.3) is 0 Å². The normalized spacial score (nSPS) is 25.0. The summed E-state index contributed by atoms with van der Waals surface area (Å²) in [5, 5.41) is 2.92. The van der Waals surface area contributed by atoms with E-state index in [2.05, 4.69) is 5.32 Å². The maximum Gasteiger partial charge on any atom is 0.407 e. The molecule has 0 aromatic carbocycles. The largest absolute Gasteiger partial charge is 0.444 e. The number of aromatic nitrogens is 1. The summed E-state index contributed by atoms with van der Waals surface area (Å²) in [5.41, 5.74) is 5.68. The van der Waals surface area contributed by atoms with E-state index in [9.17, 15) is 9.59 Å². The average molecular weight is 321 g/mol. The highest BCUT2D eigenvalue weighted by Gasteiger charge is 2.30. The Morgan fingerprint density at radius 2 is 2.13 bits per heavy atom. The summed E-state index contributed by atoms with van der Waals surface area (Å²) in [7, 11) is 0. The fraction of sp³-hybridized carbons (Fsp3) is 0.647. The van der Waals surface area contributed by atoms with Crippen molar-refractivity contribution in [3.8, 4) is 0 Å². The molecule has 0 unspecified atom stereocenters. The average Bonchev–Trinajstić information content (AvgIpc) is 2.43. The number of nitrogens with zero attached hydrogens (tertiary/aromatic N) is 1. The van der Waals surface area contributed by atoms with Gasteiger partial charge in [0, 0.05) is 30.9 Å². The van der Waals surface area contributed by atoms with Crippen molar-refractivity contribution in [1.82, 2.24) is 9.88 Å². The van der Waals surface area contributed by atoms with Gasteiger partial charge in [0.15, 0.2) is 0 Å². The number of pyridine rings is 1. The van der Waals surface area contributed by atoms with Crippen molar-refractivity contribution in [3.05, 3.63) is 34.7 Å². The van der Waals surface area contributed by atoms with Crippen LogP contribution in [0.2, 0.25) is 0 Å². The molecule has 6 heteroatoms. The standard InChI is InChI=1S/C17H27N3O3/c1-17(2,3)23-16(22)19-13-7-8-14(18)12(10-13)11-20-9-5-4-6-15(20)21/h4-6,9,12-14H,7-8,10-11,18H2,1-3H3,(H,19,22)/t12-,13+,14-/m0/s1. The number of amides is 1. The minimum absolute atomic E-state index is 0.0260. The van der Waals surface area contributed by atoms with E-state index >= 15 is 0 Å². The van der Waals surface area contributed by atoms with Crippen molar-refractivity contribution in [2.45, 2.75) is 64.3 Å². The van der Waals surface area contributed by atoms with Gasteiger partial charge in [-0.2, -0.15) is 0 Å². The minimum atomic E-state index is -0.508. The van der Waals surface area contributed by atoms with Crippen LogP contribution in [0.3, 0.4) is 0 Å². The second-order valence-corrected chi connectivity index (χ2v) is 7.27. The Morgan fingerprint density at radius 1 is 1.39 bits per heavy atom. The lowest BCUT2D eigenvalue weighted by molar-refractivity contribution is 0.0478. The van der Waals surface area contributed by atoms with E-state index < -0.39 is 11.7 Å². The van der Waals surface area contributed by atoms with Crippen LogP contribution in [0, 0.1) is 5.92 Å². The number of hydrogen-bond donors (Lipinski definition) is 2. The first kappa shape index (κ1) is 17.5. The fourth-order valence-electron chi connectivity index (χ4n) is 2.97. The maximum atomic E-state index is 11.9. The highest BCUT2D eigenvalue weighted by molar-refractivity contribution is 5.68. The van der Waals surface area contributed by atoms with Crippen LogP contribution < -0.4 is 16.6 Å². The first-order chi connectivity index (χ1) is 10.7. The van der Waals surface area contributed by atoms with Crippen LogP contribution in [0.4, 0.5) is 4.79 Å². The Labute approximate surface area is 137 Å². The van der Waals surface area contributed by atoms with Crippen LogP contribution in [0.1, 0.15) is 40.0 Å². The first-order valence-electron chi connectivity index (χ1n) is 8.15. The maximum absolute atomic E-state index is 11.9. The number of carbonyl (C=O) groups excluding carboxylic acids is 1. The number of hydrogen-bond acceptors (Lipinski definition) is 4. The molecule has 0 radical (unpaired) electrons. The lowest BCUT2D eigenvalue weighted by Gasteiger charge is -2.35. The highest BCUT2D eigenvalue weighted by Crippen LogP contribution is 2.25. The molecule has 1 amide bonds. The summed E-state index contributed by atoms with van der Waals surface area (Å²) in [4.78, 5) is 23.8. The van der Waals surface area contributed by atoms with E-state index in [1.54, 1.807) is 22.9 Å². The zero-order valence-corrected chi connectivity index (χ0v) is 14.1. The van der Waals surface area contributed by atoms with Crippen LogP contribution >= 0.6 is 0 Å². The first-order valence-corrected chi connectivity index (χ1v) is 8.15. The Hall–Kier alpha value is -1.82. The molecule has 0 aliphatic heterocycles. The van der Waals surface area contributed by atoms with Crippen molar-refractivity contribution < 1.29 is 9.53 Å². The molecule has 3 N–H and O–H groups in total. The molecule has 1 aromatic rings. The molecular formula is C17H27N3O3. The summed E-state index contributed by atoms with van der Waals surface area (Å²) in [6.45, 7) is 6.10. The number of rotatable bonds is 3. The molecule has 2 rings (SSSR count). The molecule has 3 atom stereocenters. The molecule has 0 saturated heterocycles. The Kier molecular flexibility index (Phi) is 5.46. The SMILES string of the molecule is CC(C)(C)OC(=O)N[C@@H]1CC[C@H](N)[C@H](Cn2ccccc2=O)C1. The second-order valence-electron chi connectivity index (χ2n) is 7.27. The lowest BCUT2D eigenvalue weighted by Crippen LogP contribution is -2.48. The molecule has 6 nitrogen and oxygen atoms in total. The van der Waals surface area contributed by atoms with Crippen molar-refractivity contribution in [2.24, 2.45) is 11.7 Å². The summed E-state index contributed by atoms with van der Waals surface area (Å²) >= 11 is 0. The summed E-state index contributed by atoms with van der Waals surface area (Å²) in [6.07, 6.45) is 3.79. The topological polar surface area (TPSA) is 86.3 Å². The van der Waals surface area contributed by atoms with Crippen molar-refractivity contribution in [3.63, 3.8) is 0 Å². The molecule has 1 heterocycles. The third-order valence-electron chi connectivity index (χ3n) is 4.09. The van der Waals surface area contributed by atoms with Gasteiger partial charge in [-0.05, 0) is 52.0 Å². The third kappa shape index (κ3) is 5.39. The molecule has 1 saturated carbocycles. The summed E-state index contributed by atoms with van der Waals surface area (Å²) in [6, 6.07) is 5.19. The lowest BCUT2D eigenvalue weighted by atomic mass is 9.82. The van der Waals surface area contributed by atoms with Crippen molar-refractivity contribution >= 4 is 6.09 Å². The number of alkyl carbamates (subject to hydrolysis) is 1. The smallest absolute Gasteiger partial charge is 0.407 e. The van der Waals surface area contributed by atoms with Gasteiger partial charge >= 0.3 is 6.09 Å². The van der Waals surface area contributed by atoms with Crippen molar-refractivity contribution in [1.29, 1.82) is 0 Å². The minimum Gasteiger partial charge on any atom is -0.444 e. The van der Waals surface area contributed by atoms with Gasteiger partial charge in [0.05, 0.1) is 0 Å². The molecule has 23 heavy (non-hydrogen) atoms. The molecule has 1 aliphatic carbocycles. The van der Waals surface area contributed by atoms with Crippen molar-refractivity contribution in [2.75, 3.05) is 0 Å². The van der Waals surface area contributed by atoms with Gasteiger partial charge in [-0.3, -0.25) is 4.79 Å². The molecular weight excluding hydrogens is 294 g/mol. The molecule has 0 spiro atoms. The predicted octanol–water partition coefficient (Wildman–Crippen LogP) is 1.87. The van der Waals surface area contributed by atoms with Gasteiger partial charge in [-0.1, -0.05) is 6.07 Å². The van der Waals surface area contributed by atoms with E-state index in [0.29, 0.717) is 6.54 Å². The zero-order valence-electron chi connectivity index (χ0n) is 14.1. The summed E-state index contributed by atoms with van der Waals surface area (Å²) in [5.74, 6) is 0.156. The fourth-order valence-corrected chi connectivity index (χ4v) is 2.97. The van der Waals surface area contributed by atoms with E-state index in [1.165, 1.54) is 0 Å². The summed E-state index contributed by atoms with van der Waals surface area (Å²) < 4.78 is 6.98. The van der Waals surface area contributed by atoms with Crippen LogP contribution in [0.15, 0.2) is 29.2 Å². The van der Waals surface area contributed by atoms with Gasteiger partial charge in [-0.15, -0.1) is 0 Å². The van der Waals surface area contributed by atoms with Gasteiger partial charge in [-0.25, -0.2) is 4.79 Å². The molecule has 0 bridgehead atoms. The Morgan fingerprint density at radius 3 is 2.78 bits per heavy atom. The van der Waals surface area contributed by atoms with Gasteiger partial charge in [0.2, 0.25) is 0 Å². The van der Waals surface area contributed by atoms with Gasteiger partial charge in [0.1, 0.15) is 5.60 Å². The van der Waals surface area contributed by atoms with Gasteiger partial charge in [0.25, 0.3) is 5.56 Å². The van der Waals surface area contributed by atoms with E-state index in [0.717, 1.165) is 19.3 Å². The number of carbonyl (C=O) groups is 1. The Bertz CT molecular complexity index is 591. The van der Waals surface area contributed by atoms with Gasteiger partial charge < -0.3 is 20.4 Å².